The van der Waals surface area contributed by atoms with Crippen molar-refractivity contribution in [3.63, 3.8) is 0 Å². The number of hydrogen-bond donors (Lipinski definition) is 0. The van der Waals surface area contributed by atoms with Crippen LogP contribution >= 0.6 is 0 Å². The Balaban J connectivity index is 2.43. The lowest BCUT2D eigenvalue weighted by Gasteiger charge is -2.19. The van der Waals surface area contributed by atoms with Gasteiger partial charge < -0.3 is 9.26 Å². The quantitative estimate of drug-likeness (QED) is 0.692. The number of rotatable bonds is 2. The molecule has 0 saturated heterocycles. The van der Waals surface area contributed by atoms with Crippen molar-refractivity contribution < 1.29 is 14.1 Å². The lowest BCUT2D eigenvalue weighted by molar-refractivity contribution is -0.142. The fourth-order valence-corrected chi connectivity index (χ4v) is 1.59. The van der Waals surface area contributed by atoms with Crippen molar-refractivity contribution in [2.75, 3.05) is 0 Å². The number of fused-ring (bicyclic) bond motifs is 1. The molecule has 1 aromatic rings. The SMILES string of the molecule is CCC(=O)C1(C)OCc2conc21. The molecule has 0 N–H and O–H groups in total. The summed E-state index contributed by atoms with van der Waals surface area (Å²) >= 11 is 0. The van der Waals surface area contributed by atoms with Crippen LogP contribution in [0.4, 0.5) is 0 Å². The smallest absolute Gasteiger partial charge is 0.170 e. The number of hydrogen-bond acceptors (Lipinski definition) is 4. The number of aromatic nitrogens is 1. The van der Waals surface area contributed by atoms with E-state index in [2.05, 4.69) is 5.16 Å². The summed E-state index contributed by atoms with van der Waals surface area (Å²) in [6, 6.07) is 0. The summed E-state index contributed by atoms with van der Waals surface area (Å²) in [5.74, 6) is 0.0418. The minimum atomic E-state index is -0.878. The molecule has 70 valence electrons. The van der Waals surface area contributed by atoms with Crippen LogP contribution in [0.25, 0.3) is 0 Å². The van der Waals surface area contributed by atoms with E-state index in [1.807, 2.05) is 6.92 Å². The van der Waals surface area contributed by atoms with Crippen LogP contribution in [-0.2, 0) is 21.7 Å². The van der Waals surface area contributed by atoms with E-state index in [-0.39, 0.29) is 5.78 Å². The molecule has 0 aliphatic carbocycles. The number of ketones is 1. The summed E-state index contributed by atoms with van der Waals surface area (Å²) in [6.07, 6.45) is 1.98. The summed E-state index contributed by atoms with van der Waals surface area (Å²) in [7, 11) is 0. The molecular formula is C9H11NO3. The summed E-state index contributed by atoms with van der Waals surface area (Å²) in [4.78, 5) is 11.6. The molecule has 13 heavy (non-hydrogen) atoms. The first-order valence-electron chi connectivity index (χ1n) is 4.29. The van der Waals surface area contributed by atoms with Crippen LogP contribution in [0, 0.1) is 0 Å². The van der Waals surface area contributed by atoms with Gasteiger partial charge in [-0.05, 0) is 6.92 Å². The number of nitrogens with zero attached hydrogens (tertiary/aromatic N) is 1. The highest BCUT2D eigenvalue weighted by atomic mass is 16.5. The third kappa shape index (κ3) is 1.02. The molecule has 0 aromatic carbocycles. The third-order valence-electron chi connectivity index (χ3n) is 2.46. The molecule has 1 aliphatic heterocycles. The normalized spacial score (nSPS) is 26.0. The average Bonchev–Trinajstić information content (AvgIpc) is 2.69. The lowest BCUT2D eigenvalue weighted by Crippen LogP contribution is -2.31. The van der Waals surface area contributed by atoms with Gasteiger partial charge in [0.25, 0.3) is 0 Å². The molecule has 1 unspecified atom stereocenters. The Kier molecular flexibility index (Phi) is 1.73. The second-order valence-corrected chi connectivity index (χ2v) is 3.29. The standard InChI is InChI=1S/C9H11NO3/c1-3-7(11)9(2)8-6(4-12-9)5-13-10-8/h5H,3-4H2,1-2H3. The zero-order valence-corrected chi connectivity index (χ0v) is 7.66. The van der Waals surface area contributed by atoms with Gasteiger partial charge in [0, 0.05) is 12.0 Å². The van der Waals surface area contributed by atoms with Crippen molar-refractivity contribution in [2.45, 2.75) is 32.5 Å². The summed E-state index contributed by atoms with van der Waals surface area (Å²) in [5, 5.41) is 3.80. The van der Waals surface area contributed by atoms with Crippen LogP contribution in [0.15, 0.2) is 10.8 Å². The zero-order chi connectivity index (χ0) is 9.47. The van der Waals surface area contributed by atoms with E-state index in [0.29, 0.717) is 18.7 Å². The number of ether oxygens (including phenoxy) is 1. The van der Waals surface area contributed by atoms with Crippen molar-refractivity contribution in [3.8, 4) is 0 Å². The Morgan fingerprint density at radius 3 is 3.23 bits per heavy atom. The number of carbonyl (C=O) groups is 1. The first-order valence-corrected chi connectivity index (χ1v) is 4.29. The predicted octanol–water partition coefficient (Wildman–Crippen LogP) is 1.40. The fourth-order valence-electron chi connectivity index (χ4n) is 1.59. The molecule has 4 heteroatoms. The van der Waals surface area contributed by atoms with E-state index >= 15 is 0 Å². The highest BCUT2D eigenvalue weighted by molar-refractivity contribution is 5.88. The molecule has 2 rings (SSSR count). The maximum absolute atomic E-state index is 11.6. The minimum absolute atomic E-state index is 0.0418. The van der Waals surface area contributed by atoms with Gasteiger partial charge in [0.2, 0.25) is 0 Å². The second-order valence-electron chi connectivity index (χ2n) is 3.29. The summed E-state index contributed by atoms with van der Waals surface area (Å²) in [6.45, 7) is 3.98. The van der Waals surface area contributed by atoms with Gasteiger partial charge in [-0.25, -0.2) is 0 Å². The van der Waals surface area contributed by atoms with E-state index in [1.54, 1.807) is 6.92 Å². The molecule has 0 radical (unpaired) electrons. The first-order chi connectivity index (χ1) is 6.18. The zero-order valence-electron chi connectivity index (χ0n) is 7.66. The molecule has 1 aromatic heterocycles. The summed E-state index contributed by atoms with van der Waals surface area (Å²) < 4.78 is 10.2. The minimum Gasteiger partial charge on any atom is -0.364 e. The topological polar surface area (TPSA) is 52.3 Å². The maximum Gasteiger partial charge on any atom is 0.170 e. The van der Waals surface area contributed by atoms with Crippen molar-refractivity contribution in [2.24, 2.45) is 0 Å². The second kappa shape index (κ2) is 2.67. The van der Waals surface area contributed by atoms with Gasteiger partial charge in [0.05, 0.1) is 6.61 Å². The molecule has 0 amide bonds. The highest BCUT2D eigenvalue weighted by Crippen LogP contribution is 2.36. The molecule has 1 atom stereocenters. The van der Waals surface area contributed by atoms with E-state index in [1.165, 1.54) is 6.26 Å². The van der Waals surface area contributed by atoms with Gasteiger partial charge in [-0.2, -0.15) is 0 Å². The first kappa shape index (κ1) is 8.44. The Bertz CT molecular complexity index is 344. The molecule has 0 bridgehead atoms. The van der Waals surface area contributed by atoms with E-state index in [4.69, 9.17) is 9.26 Å². The Morgan fingerprint density at radius 2 is 2.54 bits per heavy atom. The molecular weight excluding hydrogens is 170 g/mol. The van der Waals surface area contributed by atoms with Gasteiger partial charge in [-0.15, -0.1) is 0 Å². The Labute approximate surface area is 75.9 Å². The van der Waals surface area contributed by atoms with Crippen LogP contribution in [-0.4, -0.2) is 10.9 Å². The van der Waals surface area contributed by atoms with E-state index in [0.717, 1.165) is 5.56 Å². The number of carbonyl (C=O) groups excluding carboxylic acids is 1. The Hall–Kier alpha value is -1.16. The van der Waals surface area contributed by atoms with Gasteiger partial charge in [0.1, 0.15) is 12.0 Å². The van der Waals surface area contributed by atoms with Crippen molar-refractivity contribution >= 4 is 5.78 Å². The van der Waals surface area contributed by atoms with Gasteiger partial charge in [-0.3, -0.25) is 4.79 Å². The van der Waals surface area contributed by atoms with Crippen LogP contribution in [0.2, 0.25) is 0 Å². The van der Waals surface area contributed by atoms with Crippen LogP contribution in [0.3, 0.4) is 0 Å². The Morgan fingerprint density at radius 1 is 1.77 bits per heavy atom. The third-order valence-corrected chi connectivity index (χ3v) is 2.46. The molecule has 2 heterocycles. The number of Topliss-reactive ketones (excluding diaryl/α,β-unsaturated/α-hetero) is 1. The monoisotopic (exact) mass is 181 g/mol. The van der Waals surface area contributed by atoms with Crippen LogP contribution < -0.4 is 0 Å². The van der Waals surface area contributed by atoms with Gasteiger partial charge >= 0.3 is 0 Å². The van der Waals surface area contributed by atoms with E-state index in [9.17, 15) is 4.79 Å². The predicted molar refractivity (Wildman–Crippen MR) is 43.9 cm³/mol. The molecule has 0 fully saturated rings. The average molecular weight is 181 g/mol. The summed E-state index contributed by atoms with van der Waals surface area (Å²) in [5.41, 5.74) is 0.639. The molecule has 0 saturated carbocycles. The van der Waals surface area contributed by atoms with Crippen molar-refractivity contribution in [3.05, 3.63) is 17.5 Å². The van der Waals surface area contributed by atoms with Crippen LogP contribution in [0.1, 0.15) is 31.5 Å². The molecule has 0 spiro atoms. The van der Waals surface area contributed by atoms with Crippen molar-refractivity contribution in [1.29, 1.82) is 0 Å². The lowest BCUT2D eigenvalue weighted by atomic mass is 9.95. The molecule has 1 aliphatic rings. The van der Waals surface area contributed by atoms with Crippen LogP contribution in [0.5, 0.6) is 0 Å². The van der Waals surface area contributed by atoms with E-state index < -0.39 is 5.60 Å². The maximum atomic E-state index is 11.6. The van der Waals surface area contributed by atoms with Crippen molar-refractivity contribution in [1.82, 2.24) is 5.16 Å². The largest absolute Gasteiger partial charge is 0.364 e. The highest BCUT2D eigenvalue weighted by Gasteiger charge is 2.44. The molecule has 4 nitrogen and oxygen atoms in total. The fraction of sp³-hybridized carbons (Fsp3) is 0.556. The van der Waals surface area contributed by atoms with Gasteiger partial charge in [0.15, 0.2) is 11.4 Å². The van der Waals surface area contributed by atoms with Gasteiger partial charge in [-0.1, -0.05) is 12.1 Å².